The summed E-state index contributed by atoms with van der Waals surface area (Å²) >= 11 is 2.56. The maximum absolute atomic E-state index is 12.3. The molecule has 0 spiro atoms. The molecule has 1 amide bonds. The number of fused-ring (bicyclic) bond motifs is 1. The van der Waals surface area contributed by atoms with Gasteiger partial charge < -0.3 is 10.1 Å². The number of amides is 1. The zero-order valence-electron chi connectivity index (χ0n) is 16.1. The van der Waals surface area contributed by atoms with E-state index >= 15 is 0 Å². The Hall–Kier alpha value is -2.30. The minimum atomic E-state index is -0.448. The van der Waals surface area contributed by atoms with E-state index in [4.69, 9.17) is 10.00 Å². The van der Waals surface area contributed by atoms with E-state index in [1.54, 1.807) is 0 Å². The van der Waals surface area contributed by atoms with Crippen LogP contribution in [0.3, 0.4) is 0 Å². The molecule has 1 atom stereocenters. The number of ether oxygens (including phenoxy) is 1. The average molecular weight is 415 g/mol. The van der Waals surface area contributed by atoms with Crippen molar-refractivity contribution in [2.75, 3.05) is 11.9 Å². The molecule has 0 aliphatic heterocycles. The van der Waals surface area contributed by atoms with E-state index < -0.39 is 5.97 Å². The van der Waals surface area contributed by atoms with Crippen molar-refractivity contribution in [3.8, 4) is 5.40 Å². The number of thiophene rings is 1. The Kier molecular flexibility index (Phi) is 6.42. The molecule has 28 heavy (non-hydrogen) atoms. The summed E-state index contributed by atoms with van der Waals surface area (Å²) in [5.41, 5.74) is 3.64. The van der Waals surface area contributed by atoms with Gasteiger partial charge in [0.05, 0.1) is 0 Å². The predicted molar refractivity (Wildman–Crippen MR) is 112 cm³/mol. The molecule has 0 bridgehead atoms. The van der Waals surface area contributed by atoms with Crippen LogP contribution in [-0.2, 0) is 22.4 Å². The van der Waals surface area contributed by atoms with Gasteiger partial charge in [-0.2, -0.15) is 5.26 Å². The summed E-state index contributed by atoms with van der Waals surface area (Å²) in [6.45, 7) is 5.63. The van der Waals surface area contributed by atoms with Crippen molar-refractivity contribution in [3.05, 3.63) is 44.6 Å². The Morgan fingerprint density at radius 3 is 2.71 bits per heavy atom. The van der Waals surface area contributed by atoms with E-state index in [9.17, 15) is 9.59 Å². The van der Waals surface area contributed by atoms with E-state index in [-0.39, 0.29) is 12.5 Å². The highest BCUT2D eigenvalue weighted by Crippen LogP contribution is 2.32. The summed E-state index contributed by atoms with van der Waals surface area (Å²) < 4.78 is 5.22. The van der Waals surface area contributed by atoms with Gasteiger partial charge in [0.25, 0.3) is 5.91 Å². The maximum atomic E-state index is 12.3. The molecule has 3 rings (SSSR count). The first kappa shape index (κ1) is 20.4. The summed E-state index contributed by atoms with van der Waals surface area (Å²) in [7, 11) is 0. The lowest BCUT2D eigenvalue weighted by molar-refractivity contribution is -0.119. The minimum absolute atomic E-state index is 0.328. The highest BCUT2D eigenvalue weighted by atomic mass is 32.2. The first-order valence-corrected chi connectivity index (χ1v) is 10.8. The second kappa shape index (κ2) is 8.80. The smallest absolute Gasteiger partial charge is 0.348 e. The van der Waals surface area contributed by atoms with Gasteiger partial charge in [0.15, 0.2) is 6.61 Å². The van der Waals surface area contributed by atoms with Crippen molar-refractivity contribution >= 4 is 40.7 Å². The number of benzene rings is 1. The van der Waals surface area contributed by atoms with Crippen LogP contribution in [0.2, 0.25) is 0 Å². The zero-order chi connectivity index (χ0) is 20.3. The second-order valence-corrected chi connectivity index (χ2v) is 9.15. The molecule has 0 unspecified atom stereocenters. The fraction of sp³-hybridized carbons (Fsp3) is 0.381. The number of hydrogen-bond donors (Lipinski definition) is 1. The molecule has 5 nitrogen and oxygen atoms in total. The molecule has 0 fully saturated rings. The standard InChI is InChI=1S/C21H22N2O3S2/c1-12-4-5-17-15(6-12)9-18(28-17)21(25)26-10-19(24)23-20-13(2)7-16(27-11-22)8-14(20)3/h7-9,12H,4-6,10H2,1-3H3,(H,23,24)/t12-/m1/s1. The van der Waals surface area contributed by atoms with Gasteiger partial charge in [-0.3, -0.25) is 4.79 Å². The number of aryl methyl sites for hydroxylation is 3. The first-order chi connectivity index (χ1) is 13.4. The van der Waals surface area contributed by atoms with Gasteiger partial charge in [0, 0.05) is 15.5 Å². The Bertz CT molecular complexity index is 936. The number of thioether (sulfide) groups is 1. The Labute approximate surface area is 173 Å². The van der Waals surface area contributed by atoms with Gasteiger partial charge >= 0.3 is 5.97 Å². The molecule has 146 valence electrons. The Balaban J connectivity index is 1.59. The van der Waals surface area contributed by atoms with Crippen LogP contribution in [0.4, 0.5) is 5.69 Å². The maximum Gasteiger partial charge on any atom is 0.348 e. The molecule has 7 heteroatoms. The number of carbonyl (C=O) groups excluding carboxylic acids is 2. The van der Waals surface area contributed by atoms with Crippen LogP contribution in [0.15, 0.2) is 23.1 Å². The molecule has 1 N–H and O–H groups in total. The van der Waals surface area contributed by atoms with Gasteiger partial charge in [0.1, 0.15) is 10.3 Å². The van der Waals surface area contributed by atoms with E-state index in [0.29, 0.717) is 16.5 Å². The van der Waals surface area contributed by atoms with Crippen LogP contribution >= 0.6 is 23.1 Å². The van der Waals surface area contributed by atoms with Gasteiger partial charge in [0.2, 0.25) is 0 Å². The molecule has 0 saturated carbocycles. The summed E-state index contributed by atoms with van der Waals surface area (Å²) in [6.07, 6.45) is 3.15. The molecule has 0 saturated heterocycles. The number of nitriles is 1. The third-order valence-corrected chi connectivity index (χ3v) is 6.58. The quantitative estimate of drug-likeness (QED) is 0.429. The van der Waals surface area contributed by atoms with E-state index in [2.05, 4.69) is 12.2 Å². The van der Waals surface area contributed by atoms with Crippen LogP contribution in [0.25, 0.3) is 0 Å². The lowest BCUT2D eigenvalue weighted by Gasteiger charge is -2.16. The van der Waals surface area contributed by atoms with Crippen LogP contribution in [0.5, 0.6) is 0 Å². The lowest BCUT2D eigenvalue weighted by Crippen LogP contribution is -2.21. The molecule has 1 aromatic carbocycles. The largest absolute Gasteiger partial charge is 0.451 e. The highest BCUT2D eigenvalue weighted by Gasteiger charge is 2.22. The number of nitrogens with zero attached hydrogens (tertiary/aromatic N) is 1. The molecule has 1 aliphatic rings. The summed E-state index contributed by atoms with van der Waals surface area (Å²) in [4.78, 5) is 27.2. The van der Waals surface area contributed by atoms with Gasteiger partial charge in [-0.1, -0.05) is 6.92 Å². The lowest BCUT2D eigenvalue weighted by atomic mass is 9.90. The topological polar surface area (TPSA) is 79.2 Å². The number of esters is 1. The van der Waals surface area contributed by atoms with Crippen molar-refractivity contribution in [2.45, 2.75) is 44.9 Å². The van der Waals surface area contributed by atoms with Crippen molar-refractivity contribution in [2.24, 2.45) is 5.92 Å². The number of thiocyanates is 1. The Morgan fingerprint density at radius 2 is 2.04 bits per heavy atom. The van der Waals surface area contributed by atoms with Gasteiger partial charge in [-0.15, -0.1) is 11.3 Å². The number of rotatable bonds is 5. The molecule has 1 heterocycles. The van der Waals surface area contributed by atoms with Crippen LogP contribution < -0.4 is 5.32 Å². The summed E-state index contributed by atoms with van der Waals surface area (Å²) in [6, 6.07) is 5.61. The normalized spacial score (nSPS) is 15.4. The van der Waals surface area contributed by atoms with E-state index in [1.165, 1.54) is 21.8 Å². The van der Waals surface area contributed by atoms with Crippen molar-refractivity contribution in [1.82, 2.24) is 0 Å². The highest BCUT2D eigenvalue weighted by molar-refractivity contribution is 8.03. The molecule has 2 aromatic rings. The molecule has 0 radical (unpaired) electrons. The zero-order valence-corrected chi connectivity index (χ0v) is 17.8. The molecule has 1 aromatic heterocycles. The van der Waals surface area contributed by atoms with Crippen molar-refractivity contribution < 1.29 is 14.3 Å². The third kappa shape index (κ3) is 4.75. The van der Waals surface area contributed by atoms with Crippen molar-refractivity contribution in [3.63, 3.8) is 0 Å². The number of carbonyl (C=O) groups is 2. The summed E-state index contributed by atoms with van der Waals surface area (Å²) in [5.74, 6) is -0.187. The average Bonchev–Trinajstić information content (AvgIpc) is 3.06. The van der Waals surface area contributed by atoms with E-state index in [1.807, 2.05) is 37.4 Å². The van der Waals surface area contributed by atoms with Crippen LogP contribution in [0, 0.1) is 30.4 Å². The Morgan fingerprint density at radius 1 is 1.32 bits per heavy atom. The summed E-state index contributed by atoms with van der Waals surface area (Å²) in [5, 5.41) is 13.6. The van der Waals surface area contributed by atoms with Gasteiger partial charge in [-0.05, 0) is 85.7 Å². The monoisotopic (exact) mass is 414 g/mol. The predicted octanol–water partition coefficient (Wildman–Crippen LogP) is 4.86. The second-order valence-electron chi connectivity index (χ2n) is 7.16. The van der Waals surface area contributed by atoms with Crippen molar-refractivity contribution in [1.29, 1.82) is 5.26 Å². The van der Waals surface area contributed by atoms with Crippen LogP contribution in [0.1, 0.15) is 44.6 Å². The number of hydrogen-bond acceptors (Lipinski definition) is 6. The first-order valence-electron chi connectivity index (χ1n) is 9.13. The molecule has 1 aliphatic carbocycles. The minimum Gasteiger partial charge on any atom is -0.451 e. The van der Waals surface area contributed by atoms with E-state index in [0.717, 1.165) is 47.0 Å². The number of nitrogens with one attached hydrogen (secondary N) is 1. The fourth-order valence-corrected chi connectivity index (χ4v) is 5.10. The van der Waals surface area contributed by atoms with Gasteiger partial charge in [-0.25, -0.2) is 4.79 Å². The molecular weight excluding hydrogens is 392 g/mol. The third-order valence-electron chi connectivity index (χ3n) is 4.80. The fourth-order valence-electron chi connectivity index (χ4n) is 3.42. The SMILES string of the molecule is Cc1cc(SC#N)cc(C)c1NC(=O)COC(=O)c1cc2c(s1)CC[C@@H](C)C2. The van der Waals surface area contributed by atoms with Crippen LogP contribution in [-0.4, -0.2) is 18.5 Å². The molecular formula is C21H22N2O3S2. The number of anilines is 1.